The van der Waals surface area contributed by atoms with E-state index >= 15 is 0 Å². The van der Waals surface area contributed by atoms with Gasteiger partial charge in [0.15, 0.2) is 12.6 Å². The zero-order valence-electron chi connectivity index (χ0n) is 46.1. The molecule has 14 heteroatoms. The Bertz CT molecular complexity index is 1470. The number of amides is 1. The van der Waals surface area contributed by atoms with E-state index in [1.54, 1.807) is 6.08 Å². The molecule has 0 aromatic rings. The molecule has 0 aromatic heterocycles. The zero-order valence-corrected chi connectivity index (χ0v) is 46.1. The Morgan fingerprint density at radius 1 is 0.500 bits per heavy atom. The van der Waals surface area contributed by atoms with Crippen LogP contribution in [0.4, 0.5) is 0 Å². The van der Waals surface area contributed by atoms with E-state index in [2.05, 4.69) is 67.8 Å². The maximum Gasteiger partial charge on any atom is 0.220 e. The van der Waals surface area contributed by atoms with Crippen molar-refractivity contribution in [3.63, 3.8) is 0 Å². The van der Waals surface area contributed by atoms with Crippen LogP contribution >= 0.6 is 0 Å². The maximum atomic E-state index is 13.3. The summed E-state index contributed by atoms with van der Waals surface area (Å²) in [7, 11) is 0. The molecule has 1 amide bonds. The number of carbonyl (C=O) groups excluding carboxylic acids is 1. The average Bonchev–Trinajstić information content (AvgIpc) is 3.40. The van der Waals surface area contributed by atoms with Gasteiger partial charge in [0.2, 0.25) is 5.91 Å². The fraction of sp³-hybridized carbons (Fsp3) is 0.817. The zero-order chi connectivity index (χ0) is 53.9. The van der Waals surface area contributed by atoms with Crippen LogP contribution in [0.15, 0.2) is 60.8 Å². The smallest absolute Gasteiger partial charge is 0.220 e. The van der Waals surface area contributed by atoms with Gasteiger partial charge in [0, 0.05) is 6.42 Å². The van der Waals surface area contributed by atoms with E-state index < -0.39 is 86.8 Å². The van der Waals surface area contributed by atoms with Crippen molar-refractivity contribution in [2.24, 2.45) is 0 Å². The number of rotatable bonds is 46. The molecular weight excluding hydrogens is 943 g/mol. The van der Waals surface area contributed by atoms with Gasteiger partial charge >= 0.3 is 0 Å². The minimum absolute atomic E-state index is 0.245. The largest absolute Gasteiger partial charge is 0.394 e. The summed E-state index contributed by atoms with van der Waals surface area (Å²) < 4.78 is 22.8. The fourth-order valence-electron chi connectivity index (χ4n) is 9.46. The summed E-state index contributed by atoms with van der Waals surface area (Å²) >= 11 is 0. The Hall–Kier alpha value is -2.31. The van der Waals surface area contributed by atoms with Crippen molar-refractivity contribution in [2.45, 2.75) is 293 Å². The van der Waals surface area contributed by atoms with Gasteiger partial charge in [-0.2, -0.15) is 0 Å². The van der Waals surface area contributed by atoms with Crippen LogP contribution in [0.3, 0.4) is 0 Å². The third-order valence-corrected chi connectivity index (χ3v) is 14.2. The summed E-state index contributed by atoms with van der Waals surface area (Å²) in [5.41, 5.74) is 0. The quantitative estimate of drug-likeness (QED) is 0.0205. The van der Waals surface area contributed by atoms with Crippen molar-refractivity contribution < 1.29 is 64.6 Å². The summed E-state index contributed by atoms with van der Waals surface area (Å²) in [5, 5.41) is 87.1. The van der Waals surface area contributed by atoms with Gasteiger partial charge in [-0.25, -0.2) is 0 Å². The summed E-state index contributed by atoms with van der Waals surface area (Å²) in [6.07, 6.45) is 41.0. The van der Waals surface area contributed by atoms with E-state index in [0.29, 0.717) is 6.42 Å². The van der Waals surface area contributed by atoms with Gasteiger partial charge in [-0.15, -0.1) is 0 Å². The molecule has 2 rings (SSSR count). The van der Waals surface area contributed by atoms with E-state index in [-0.39, 0.29) is 18.9 Å². The molecule has 2 heterocycles. The maximum absolute atomic E-state index is 13.3. The number of allylic oxidation sites excluding steroid dienone is 9. The summed E-state index contributed by atoms with van der Waals surface area (Å²) in [6, 6.07) is -0.919. The van der Waals surface area contributed by atoms with Crippen LogP contribution < -0.4 is 5.32 Å². The molecular formula is C60H107NO13. The fourth-order valence-corrected chi connectivity index (χ4v) is 9.46. The van der Waals surface area contributed by atoms with Gasteiger partial charge in [-0.3, -0.25) is 4.79 Å². The number of aliphatic hydroxyl groups excluding tert-OH is 8. The lowest BCUT2D eigenvalue weighted by atomic mass is 9.97. The lowest BCUT2D eigenvalue weighted by molar-refractivity contribution is -0.359. The number of unbranched alkanes of at least 4 members (excludes halogenated alkanes) is 25. The van der Waals surface area contributed by atoms with Crippen molar-refractivity contribution >= 4 is 5.91 Å². The number of aliphatic hydroxyl groups is 8. The van der Waals surface area contributed by atoms with Crippen LogP contribution in [-0.2, 0) is 23.7 Å². The van der Waals surface area contributed by atoms with Gasteiger partial charge in [-0.1, -0.05) is 216 Å². The van der Waals surface area contributed by atoms with Crippen LogP contribution in [0.1, 0.15) is 219 Å². The van der Waals surface area contributed by atoms with Crippen molar-refractivity contribution in [1.82, 2.24) is 5.32 Å². The molecule has 0 radical (unpaired) electrons. The normalized spacial score (nSPS) is 25.6. The molecule has 2 aliphatic rings. The highest BCUT2D eigenvalue weighted by Crippen LogP contribution is 2.30. The van der Waals surface area contributed by atoms with Crippen molar-refractivity contribution in [3.8, 4) is 0 Å². The van der Waals surface area contributed by atoms with E-state index in [4.69, 9.17) is 18.9 Å². The second-order valence-electron chi connectivity index (χ2n) is 20.7. The Balaban J connectivity index is 1.77. The SMILES string of the molecule is CC/C=C\C/C=C\C/C=C\C/C=C\CCCCCCCCCCCCC(=O)NC(COC1OC(CO)C(OC2OC(CO)C(O)C(O)C2O)C(O)C1O)C(O)/C=C/CCCCCCCCCCCCCCCCC. The Morgan fingerprint density at radius 2 is 0.932 bits per heavy atom. The molecule has 430 valence electrons. The van der Waals surface area contributed by atoms with Crippen LogP contribution in [-0.4, -0.2) is 140 Å². The predicted molar refractivity (Wildman–Crippen MR) is 295 cm³/mol. The van der Waals surface area contributed by atoms with E-state index in [1.807, 2.05) is 6.08 Å². The monoisotopic (exact) mass is 1050 g/mol. The van der Waals surface area contributed by atoms with Gasteiger partial charge < -0.3 is 65.1 Å². The number of hydrogen-bond donors (Lipinski definition) is 9. The molecule has 9 N–H and O–H groups in total. The first-order chi connectivity index (χ1) is 36.1. The summed E-state index contributed by atoms with van der Waals surface area (Å²) in [6.45, 7) is 2.69. The van der Waals surface area contributed by atoms with E-state index in [1.165, 1.54) is 122 Å². The molecule has 2 fully saturated rings. The number of hydrogen-bond acceptors (Lipinski definition) is 13. The third kappa shape index (κ3) is 31.2. The first kappa shape index (κ1) is 67.8. The molecule has 0 saturated carbocycles. The van der Waals surface area contributed by atoms with Gasteiger partial charge in [0.05, 0.1) is 32.0 Å². The lowest BCUT2D eigenvalue weighted by Gasteiger charge is -2.46. The number of ether oxygens (including phenoxy) is 4. The number of nitrogens with one attached hydrogen (secondary N) is 1. The molecule has 12 atom stereocenters. The van der Waals surface area contributed by atoms with Crippen LogP contribution in [0.5, 0.6) is 0 Å². The minimum atomic E-state index is -1.79. The predicted octanol–water partition coefficient (Wildman–Crippen LogP) is 9.78. The van der Waals surface area contributed by atoms with Crippen molar-refractivity contribution in [3.05, 3.63) is 60.8 Å². The first-order valence-corrected chi connectivity index (χ1v) is 29.5. The first-order valence-electron chi connectivity index (χ1n) is 29.5. The second kappa shape index (κ2) is 45.7. The molecule has 2 aliphatic heterocycles. The number of carbonyl (C=O) groups is 1. The molecule has 0 spiro atoms. The minimum Gasteiger partial charge on any atom is -0.394 e. The van der Waals surface area contributed by atoms with Crippen molar-refractivity contribution in [2.75, 3.05) is 19.8 Å². The standard InChI is InChI=1S/C60H107NO13/c1-3-5-7-9-11-13-15-17-19-21-22-23-24-25-26-28-30-32-34-36-38-40-42-44-52(65)61-48(49(64)43-41-39-37-35-33-31-29-27-20-18-16-14-12-10-8-6-4-2)47-71-59-57(70)55(68)58(51(46-63)73-59)74-60-56(69)54(67)53(66)50(45-62)72-60/h5,7,11,13,17,19,22-23,41,43,48-51,53-60,62-64,66-70H,3-4,6,8-10,12,14-16,18,20-21,24-40,42,44-47H2,1-2H3,(H,61,65)/b7-5-,13-11-,19-17-,23-22-,43-41+. The molecule has 0 aromatic carbocycles. The molecule has 14 nitrogen and oxygen atoms in total. The van der Waals surface area contributed by atoms with Gasteiger partial charge in [-0.05, 0) is 57.8 Å². The van der Waals surface area contributed by atoms with Crippen molar-refractivity contribution in [1.29, 1.82) is 0 Å². The average molecular weight is 1050 g/mol. The highest BCUT2D eigenvalue weighted by Gasteiger charge is 2.51. The molecule has 0 aliphatic carbocycles. The summed E-state index contributed by atoms with van der Waals surface area (Å²) in [4.78, 5) is 13.3. The highest BCUT2D eigenvalue weighted by molar-refractivity contribution is 5.76. The molecule has 2 saturated heterocycles. The second-order valence-corrected chi connectivity index (χ2v) is 20.7. The van der Waals surface area contributed by atoms with Gasteiger partial charge in [0.1, 0.15) is 48.8 Å². The Labute approximate surface area is 447 Å². The topological polar surface area (TPSA) is 228 Å². The Kier molecular flexibility index (Phi) is 41.9. The molecule has 0 bridgehead atoms. The highest BCUT2D eigenvalue weighted by atomic mass is 16.7. The molecule has 74 heavy (non-hydrogen) atoms. The van der Waals surface area contributed by atoms with E-state index in [0.717, 1.165) is 70.6 Å². The van der Waals surface area contributed by atoms with Gasteiger partial charge in [0.25, 0.3) is 0 Å². The van der Waals surface area contributed by atoms with Crippen LogP contribution in [0.2, 0.25) is 0 Å². The van der Waals surface area contributed by atoms with Crippen LogP contribution in [0, 0.1) is 0 Å². The third-order valence-electron chi connectivity index (χ3n) is 14.2. The summed E-state index contributed by atoms with van der Waals surface area (Å²) in [5.74, 6) is -0.245. The Morgan fingerprint density at radius 3 is 1.43 bits per heavy atom. The lowest BCUT2D eigenvalue weighted by Crippen LogP contribution is -2.65. The van der Waals surface area contributed by atoms with E-state index in [9.17, 15) is 45.6 Å². The molecule has 12 unspecified atom stereocenters. The van der Waals surface area contributed by atoms with Crippen LogP contribution in [0.25, 0.3) is 0 Å².